The molecule has 4 aromatic rings. The molecule has 29 heavy (non-hydrogen) atoms. The maximum absolute atomic E-state index is 4.81. The molecule has 0 amide bonds. The van der Waals surface area contributed by atoms with Crippen LogP contribution in [0.25, 0.3) is 16.8 Å². The number of aromatic nitrogens is 3. The summed E-state index contributed by atoms with van der Waals surface area (Å²) in [5.41, 5.74) is 10.5. The van der Waals surface area contributed by atoms with Gasteiger partial charge in [-0.2, -0.15) is 0 Å². The summed E-state index contributed by atoms with van der Waals surface area (Å²) < 4.78 is 2.18. The molecule has 0 fully saturated rings. The van der Waals surface area contributed by atoms with Crippen LogP contribution < -0.4 is 5.32 Å². The fourth-order valence-electron chi connectivity index (χ4n) is 3.72. The first-order valence-electron chi connectivity index (χ1n) is 9.79. The van der Waals surface area contributed by atoms with E-state index in [2.05, 4.69) is 78.9 Å². The van der Waals surface area contributed by atoms with Crippen LogP contribution in [-0.2, 0) is 13.0 Å². The lowest BCUT2D eigenvalue weighted by molar-refractivity contribution is 1.02. The number of benzene rings is 1. The van der Waals surface area contributed by atoms with E-state index in [4.69, 9.17) is 4.98 Å². The number of hydrogen-bond acceptors (Lipinski definition) is 3. The van der Waals surface area contributed by atoms with Gasteiger partial charge in [-0.25, -0.2) is 4.98 Å². The van der Waals surface area contributed by atoms with Crippen LogP contribution in [0.4, 0.5) is 5.69 Å². The van der Waals surface area contributed by atoms with Gasteiger partial charge in [0.1, 0.15) is 0 Å². The van der Waals surface area contributed by atoms with Crippen LogP contribution in [0.1, 0.15) is 35.0 Å². The van der Waals surface area contributed by atoms with Gasteiger partial charge in [0.25, 0.3) is 0 Å². The number of rotatable bonds is 5. The Hall–Kier alpha value is -2.85. The number of imidazole rings is 1. The van der Waals surface area contributed by atoms with Crippen LogP contribution in [0.5, 0.6) is 0 Å². The zero-order valence-corrected chi connectivity index (χ0v) is 18.2. The van der Waals surface area contributed by atoms with Gasteiger partial charge in [-0.1, -0.05) is 31.2 Å². The molecule has 4 nitrogen and oxygen atoms in total. The van der Waals surface area contributed by atoms with Crippen LogP contribution in [0.2, 0.25) is 0 Å². The molecule has 3 aromatic heterocycles. The molecule has 0 aliphatic heterocycles. The number of pyridine rings is 2. The van der Waals surface area contributed by atoms with Crippen molar-refractivity contribution in [1.82, 2.24) is 14.4 Å². The van der Waals surface area contributed by atoms with E-state index in [0.29, 0.717) is 0 Å². The minimum absolute atomic E-state index is 0. The molecule has 0 aliphatic rings. The van der Waals surface area contributed by atoms with Crippen LogP contribution >= 0.6 is 12.4 Å². The molecule has 0 unspecified atom stereocenters. The van der Waals surface area contributed by atoms with Crippen molar-refractivity contribution < 1.29 is 0 Å². The first-order valence-corrected chi connectivity index (χ1v) is 9.79. The molecule has 3 heterocycles. The summed E-state index contributed by atoms with van der Waals surface area (Å²) in [5, 5.41) is 3.67. The fourth-order valence-corrected chi connectivity index (χ4v) is 3.72. The van der Waals surface area contributed by atoms with Crippen molar-refractivity contribution in [1.29, 1.82) is 0 Å². The second kappa shape index (κ2) is 8.66. The Kier molecular flexibility index (Phi) is 6.23. The highest BCUT2D eigenvalue weighted by Crippen LogP contribution is 2.28. The molecule has 1 N–H and O–H groups in total. The summed E-state index contributed by atoms with van der Waals surface area (Å²) >= 11 is 0. The molecule has 0 saturated heterocycles. The summed E-state index contributed by atoms with van der Waals surface area (Å²) in [6, 6.07) is 12.8. The Bertz CT molecular complexity index is 1130. The van der Waals surface area contributed by atoms with E-state index in [9.17, 15) is 0 Å². The number of hydrogen-bond donors (Lipinski definition) is 1. The predicted molar refractivity (Wildman–Crippen MR) is 123 cm³/mol. The number of fused-ring (bicyclic) bond motifs is 1. The second-order valence-electron chi connectivity index (χ2n) is 7.28. The average Bonchev–Trinajstić information content (AvgIpc) is 3.01. The first-order chi connectivity index (χ1) is 13.6. The third-order valence-corrected chi connectivity index (χ3v) is 5.53. The van der Waals surface area contributed by atoms with E-state index in [1.54, 1.807) is 6.20 Å². The minimum Gasteiger partial charge on any atom is -0.378 e. The molecule has 0 saturated carbocycles. The van der Waals surface area contributed by atoms with Gasteiger partial charge in [0.15, 0.2) is 5.65 Å². The highest BCUT2D eigenvalue weighted by Gasteiger charge is 2.13. The molecular weight excluding hydrogens is 380 g/mol. The molecule has 150 valence electrons. The SMILES string of the molecule is CCc1cccc(C)c1CNc1cc(-c2cccnc2)cn2c(C)c(C)nc12.Cl. The van der Waals surface area contributed by atoms with E-state index < -0.39 is 0 Å². The predicted octanol–water partition coefficient (Wildman–Crippen LogP) is 5.92. The summed E-state index contributed by atoms with van der Waals surface area (Å²) in [5.74, 6) is 0. The van der Waals surface area contributed by atoms with E-state index in [0.717, 1.165) is 46.8 Å². The van der Waals surface area contributed by atoms with E-state index >= 15 is 0 Å². The third-order valence-electron chi connectivity index (χ3n) is 5.53. The largest absolute Gasteiger partial charge is 0.378 e. The Morgan fingerprint density at radius 3 is 2.59 bits per heavy atom. The zero-order valence-electron chi connectivity index (χ0n) is 17.4. The van der Waals surface area contributed by atoms with Crippen molar-refractivity contribution in [2.75, 3.05) is 5.32 Å². The van der Waals surface area contributed by atoms with Crippen molar-refractivity contribution in [3.05, 3.63) is 83.1 Å². The summed E-state index contributed by atoms with van der Waals surface area (Å²) in [4.78, 5) is 9.09. The van der Waals surface area contributed by atoms with Crippen LogP contribution in [0, 0.1) is 20.8 Å². The first kappa shape index (κ1) is 20.9. The van der Waals surface area contributed by atoms with Gasteiger partial charge in [0, 0.05) is 42.0 Å². The van der Waals surface area contributed by atoms with Crippen LogP contribution in [-0.4, -0.2) is 14.4 Å². The van der Waals surface area contributed by atoms with Crippen molar-refractivity contribution >= 4 is 23.7 Å². The van der Waals surface area contributed by atoms with Gasteiger partial charge in [0.05, 0.1) is 11.4 Å². The molecule has 0 atom stereocenters. The molecule has 0 radical (unpaired) electrons. The molecule has 1 aromatic carbocycles. The van der Waals surface area contributed by atoms with E-state index in [-0.39, 0.29) is 12.4 Å². The smallest absolute Gasteiger partial charge is 0.160 e. The van der Waals surface area contributed by atoms with Crippen molar-refractivity contribution in [3.63, 3.8) is 0 Å². The number of anilines is 1. The number of aryl methyl sites for hydroxylation is 4. The number of nitrogens with zero attached hydrogens (tertiary/aromatic N) is 3. The summed E-state index contributed by atoms with van der Waals surface area (Å²) in [6.07, 6.45) is 6.89. The number of nitrogens with one attached hydrogen (secondary N) is 1. The standard InChI is InChI=1S/C24H26N4.ClH/c1-5-19-9-6-8-16(2)22(19)14-26-23-12-21(20-10-7-11-25-13-20)15-28-18(4)17(3)27-24(23)28;/h6-13,15,26H,5,14H2,1-4H3;1H. The van der Waals surface area contributed by atoms with Crippen molar-refractivity contribution in [3.8, 4) is 11.1 Å². The van der Waals surface area contributed by atoms with Crippen molar-refractivity contribution in [2.24, 2.45) is 0 Å². The lowest BCUT2D eigenvalue weighted by atomic mass is 10.00. The topological polar surface area (TPSA) is 42.2 Å². The van der Waals surface area contributed by atoms with Gasteiger partial charge in [-0.05, 0) is 56.0 Å². The molecule has 0 spiro atoms. The normalized spacial score (nSPS) is 10.8. The maximum Gasteiger partial charge on any atom is 0.160 e. The van der Waals surface area contributed by atoms with Crippen molar-refractivity contribution in [2.45, 2.75) is 40.7 Å². The fraction of sp³-hybridized carbons (Fsp3) is 0.250. The molecular formula is C24H27ClN4. The third kappa shape index (κ3) is 3.99. The monoisotopic (exact) mass is 406 g/mol. The van der Waals surface area contributed by atoms with Crippen LogP contribution in [0.3, 0.4) is 0 Å². The molecule has 4 rings (SSSR count). The van der Waals surface area contributed by atoms with Gasteiger partial charge < -0.3 is 9.72 Å². The summed E-state index contributed by atoms with van der Waals surface area (Å²) in [7, 11) is 0. The van der Waals surface area contributed by atoms with Gasteiger partial charge in [0.2, 0.25) is 0 Å². The molecule has 0 bridgehead atoms. The Balaban J connectivity index is 0.00000240. The highest BCUT2D eigenvalue weighted by molar-refractivity contribution is 5.85. The van der Waals surface area contributed by atoms with Gasteiger partial charge in [-0.15, -0.1) is 12.4 Å². The number of halogens is 1. The summed E-state index contributed by atoms with van der Waals surface area (Å²) in [6.45, 7) is 9.35. The van der Waals surface area contributed by atoms with E-state index in [1.807, 2.05) is 12.3 Å². The quantitative estimate of drug-likeness (QED) is 0.447. The zero-order chi connectivity index (χ0) is 19.7. The maximum atomic E-state index is 4.81. The molecule has 5 heteroatoms. The van der Waals surface area contributed by atoms with Gasteiger partial charge in [-0.3, -0.25) is 4.98 Å². The van der Waals surface area contributed by atoms with Crippen LogP contribution in [0.15, 0.2) is 55.0 Å². The Morgan fingerprint density at radius 1 is 1.03 bits per heavy atom. The lowest BCUT2D eigenvalue weighted by Gasteiger charge is -2.15. The lowest BCUT2D eigenvalue weighted by Crippen LogP contribution is -2.06. The van der Waals surface area contributed by atoms with Gasteiger partial charge >= 0.3 is 0 Å². The Labute approximate surface area is 178 Å². The molecule has 0 aliphatic carbocycles. The Morgan fingerprint density at radius 2 is 1.86 bits per heavy atom. The highest BCUT2D eigenvalue weighted by atomic mass is 35.5. The minimum atomic E-state index is 0. The average molecular weight is 407 g/mol. The second-order valence-corrected chi connectivity index (χ2v) is 7.28. The van der Waals surface area contributed by atoms with E-state index in [1.165, 1.54) is 16.7 Å².